The summed E-state index contributed by atoms with van der Waals surface area (Å²) in [7, 11) is 0. The van der Waals surface area contributed by atoms with Crippen molar-refractivity contribution in [3.05, 3.63) is 22.1 Å². The Morgan fingerprint density at radius 3 is 2.80 bits per heavy atom. The molecule has 1 nitrogen and oxygen atoms in total. The van der Waals surface area contributed by atoms with Gasteiger partial charge in [-0.1, -0.05) is 5.57 Å². The van der Waals surface area contributed by atoms with Gasteiger partial charge in [-0.05, 0) is 25.5 Å². The highest BCUT2D eigenvalue weighted by Crippen LogP contribution is 2.26. The number of hydrogen-bond acceptors (Lipinski definition) is 2. The Balaban J connectivity index is 2.89. The molecule has 0 spiro atoms. The van der Waals surface area contributed by atoms with Gasteiger partial charge in [-0.2, -0.15) is 5.26 Å². The molecule has 0 unspecified atom stereocenters. The number of allylic oxidation sites excluding steroid dienone is 3. The van der Waals surface area contributed by atoms with E-state index in [9.17, 15) is 0 Å². The second kappa shape index (κ2) is 2.94. The molecule has 0 aromatic heterocycles. The maximum absolute atomic E-state index is 8.53. The molecule has 0 saturated heterocycles. The lowest BCUT2D eigenvalue weighted by Gasteiger charge is -2.09. The summed E-state index contributed by atoms with van der Waals surface area (Å²) in [5.74, 6) is 0.977. The Kier molecular flexibility index (Phi) is 2.18. The van der Waals surface area contributed by atoms with Gasteiger partial charge in [0.05, 0.1) is 4.91 Å². The maximum Gasteiger partial charge on any atom is 0.106 e. The molecule has 0 fully saturated rings. The topological polar surface area (TPSA) is 23.8 Å². The zero-order chi connectivity index (χ0) is 7.56. The maximum atomic E-state index is 8.53. The highest BCUT2D eigenvalue weighted by atomic mass is 32.2. The van der Waals surface area contributed by atoms with Crippen molar-refractivity contribution in [3.8, 4) is 6.07 Å². The predicted molar refractivity (Wildman–Crippen MR) is 44.5 cm³/mol. The molecule has 0 amide bonds. The van der Waals surface area contributed by atoms with Gasteiger partial charge in [0.2, 0.25) is 0 Å². The number of thioether (sulfide) groups is 1. The summed E-state index contributed by atoms with van der Waals surface area (Å²) in [5.41, 5.74) is 2.62. The van der Waals surface area contributed by atoms with E-state index in [4.69, 9.17) is 5.26 Å². The van der Waals surface area contributed by atoms with Crippen LogP contribution in [0.1, 0.15) is 13.8 Å². The second-order valence-corrected chi connectivity index (χ2v) is 3.39. The highest BCUT2D eigenvalue weighted by Gasteiger charge is 2.05. The predicted octanol–water partition coefficient (Wildman–Crippen LogP) is 2.48. The molecule has 1 aliphatic rings. The summed E-state index contributed by atoms with van der Waals surface area (Å²) in [6.07, 6.45) is 1.95. The Morgan fingerprint density at radius 1 is 1.60 bits per heavy atom. The van der Waals surface area contributed by atoms with E-state index in [0.29, 0.717) is 0 Å². The fourth-order valence-electron chi connectivity index (χ4n) is 0.726. The van der Waals surface area contributed by atoms with Crippen LogP contribution >= 0.6 is 11.8 Å². The van der Waals surface area contributed by atoms with E-state index in [1.165, 1.54) is 11.1 Å². The third-order valence-electron chi connectivity index (χ3n) is 1.58. The van der Waals surface area contributed by atoms with E-state index in [0.717, 1.165) is 10.7 Å². The first-order chi connectivity index (χ1) is 4.74. The van der Waals surface area contributed by atoms with E-state index in [-0.39, 0.29) is 0 Å². The van der Waals surface area contributed by atoms with E-state index in [2.05, 4.69) is 13.0 Å². The van der Waals surface area contributed by atoms with Crippen LogP contribution in [0.25, 0.3) is 0 Å². The Labute approximate surface area is 65.4 Å². The smallest absolute Gasteiger partial charge is 0.106 e. The molecular formula is C8H9NS. The summed E-state index contributed by atoms with van der Waals surface area (Å²) in [6, 6.07) is 2.14. The fraction of sp³-hybridized carbons (Fsp3) is 0.375. The van der Waals surface area contributed by atoms with Gasteiger partial charge in [-0.25, -0.2) is 0 Å². The molecule has 0 bridgehead atoms. The molecule has 1 aliphatic heterocycles. The Hall–Kier alpha value is -0.680. The van der Waals surface area contributed by atoms with E-state index >= 15 is 0 Å². The summed E-state index contributed by atoms with van der Waals surface area (Å²) < 4.78 is 0. The number of nitriles is 1. The fourth-order valence-corrected chi connectivity index (χ4v) is 1.65. The van der Waals surface area contributed by atoms with Gasteiger partial charge in [0.1, 0.15) is 6.07 Å². The molecule has 0 radical (unpaired) electrons. The molecule has 0 N–H and O–H groups in total. The van der Waals surface area contributed by atoms with Gasteiger partial charge >= 0.3 is 0 Å². The van der Waals surface area contributed by atoms with Crippen LogP contribution in [-0.4, -0.2) is 5.75 Å². The van der Waals surface area contributed by atoms with Crippen molar-refractivity contribution in [1.29, 1.82) is 5.26 Å². The molecule has 1 heterocycles. The molecule has 0 aliphatic carbocycles. The monoisotopic (exact) mass is 151 g/mol. The molecule has 0 aromatic rings. The van der Waals surface area contributed by atoms with Crippen molar-refractivity contribution in [2.75, 3.05) is 5.75 Å². The minimum absolute atomic E-state index is 0.836. The number of hydrogen-bond donors (Lipinski definition) is 0. The molecule has 2 heteroatoms. The van der Waals surface area contributed by atoms with Crippen molar-refractivity contribution in [2.24, 2.45) is 0 Å². The van der Waals surface area contributed by atoms with Crippen molar-refractivity contribution in [2.45, 2.75) is 13.8 Å². The van der Waals surface area contributed by atoms with Gasteiger partial charge in [0, 0.05) is 5.75 Å². The van der Waals surface area contributed by atoms with Crippen molar-refractivity contribution >= 4 is 11.8 Å². The normalized spacial score (nSPS) is 18.3. The van der Waals surface area contributed by atoms with Crippen LogP contribution in [0.2, 0.25) is 0 Å². The minimum Gasteiger partial charge on any atom is -0.192 e. The standard InChI is InChI=1S/C8H9NS/c1-6-3-8(4-9)10-5-7(6)2/h3H,5H2,1-2H3. The summed E-state index contributed by atoms with van der Waals surface area (Å²) in [4.78, 5) is 0.836. The summed E-state index contributed by atoms with van der Waals surface area (Å²) >= 11 is 1.62. The number of nitrogens with zero attached hydrogens (tertiary/aromatic N) is 1. The quantitative estimate of drug-likeness (QED) is 0.531. The van der Waals surface area contributed by atoms with Crippen molar-refractivity contribution < 1.29 is 0 Å². The SMILES string of the molecule is CC1=C(C)CSC(C#N)=C1. The average Bonchev–Trinajstić information content (AvgIpc) is 1.95. The summed E-state index contributed by atoms with van der Waals surface area (Å²) in [5, 5.41) is 8.53. The van der Waals surface area contributed by atoms with E-state index < -0.39 is 0 Å². The highest BCUT2D eigenvalue weighted by molar-refractivity contribution is 8.03. The lowest BCUT2D eigenvalue weighted by Crippen LogP contribution is -1.92. The van der Waals surface area contributed by atoms with Crippen LogP contribution in [0.5, 0.6) is 0 Å². The molecule has 10 heavy (non-hydrogen) atoms. The molecule has 0 aromatic carbocycles. The first-order valence-corrected chi connectivity index (χ1v) is 4.13. The lowest BCUT2D eigenvalue weighted by molar-refractivity contribution is 1.29. The minimum atomic E-state index is 0.836. The number of rotatable bonds is 0. The van der Waals surface area contributed by atoms with Gasteiger partial charge in [0.15, 0.2) is 0 Å². The summed E-state index contributed by atoms with van der Waals surface area (Å²) in [6.45, 7) is 4.15. The van der Waals surface area contributed by atoms with Crippen LogP contribution in [0.15, 0.2) is 22.1 Å². The van der Waals surface area contributed by atoms with E-state index in [1.807, 2.05) is 13.0 Å². The Bertz CT molecular complexity index is 242. The van der Waals surface area contributed by atoms with Crippen LogP contribution in [0.4, 0.5) is 0 Å². The van der Waals surface area contributed by atoms with Crippen LogP contribution in [-0.2, 0) is 0 Å². The van der Waals surface area contributed by atoms with Crippen molar-refractivity contribution in [3.63, 3.8) is 0 Å². The molecule has 0 saturated carbocycles. The molecule has 0 atom stereocenters. The molecule has 1 rings (SSSR count). The third kappa shape index (κ3) is 1.43. The first-order valence-electron chi connectivity index (χ1n) is 3.15. The van der Waals surface area contributed by atoms with Gasteiger partial charge < -0.3 is 0 Å². The van der Waals surface area contributed by atoms with Gasteiger partial charge in [-0.3, -0.25) is 0 Å². The zero-order valence-corrected chi connectivity index (χ0v) is 6.96. The van der Waals surface area contributed by atoms with Gasteiger partial charge in [-0.15, -0.1) is 11.8 Å². The van der Waals surface area contributed by atoms with Crippen molar-refractivity contribution in [1.82, 2.24) is 0 Å². The van der Waals surface area contributed by atoms with Crippen LogP contribution < -0.4 is 0 Å². The molecule has 52 valence electrons. The van der Waals surface area contributed by atoms with E-state index in [1.54, 1.807) is 11.8 Å². The van der Waals surface area contributed by atoms with Crippen LogP contribution in [0, 0.1) is 11.3 Å². The zero-order valence-electron chi connectivity index (χ0n) is 6.14. The average molecular weight is 151 g/mol. The van der Waals surface area contributed by atoms with Crippen LogP contribution in [0.3, 0.4) is 0 Å². The Morgan fingerprint density at radius 2 is 2.30 bits per heavy atom. The lowest BCUT2D eigenvalue weighted by atomic mass is 10.1. The first kappa shape index (κ1) is 7.43. The largest absolute Gasteiger partial charge is 0.192 e. The second-order valence-electron chi connectivity index (χ2n) is 2.37. The van der Waals surface area contributed by atoms with Gasteiger partial charge in [0.25, 0.3) is 0 Å². The molecular weight excluding hydrogens is 142 g/mol. The third-order valence-corrected chi connectivity index (χ3v) is 2.67.